The number of hydrogen-bond acceptors (Lipinski definition) is 1. The molecule has 0 aliphatic carbocycles. The monoisotopic (exact) mass is 333 g/mol. The molecule has 0 amide bonds. The van der Waals surface area contributed by atoms with E-state index in [1.54, 1.807) is 0 Å². The van der Waals surface area contributed by atoms with Crippen LogP contribution in [0.3, 0.4) is 0 Å². The topological polar surface area (TPSA) is 41.6 Å². The molecule has 6 heteroatoms. The normalized spacial score (nSPS) is 22.8. The van der Waals surface area contributed by atoms with Crippen LogP contribution in [-0.4, -0.2) is 36.9 Å². The molecule has 1 rings (SSSR count). The van der Waals surface area contributed by atoms with E-state index < -0.39 is 13.0 Å². The summed E-state index contributed by atoms with van der Waals surface area (Å²) >= 11 is 0. The first kappa shape index (κ1) is 14.9. The molecule has 0 bridgehead atoms. The molecule has 15 heavy (non-hydrogen) atoms. The third-order valence-corrected chi connectivity index (χ3v) is 2.37. The first-order valence-corrected chi connectivity index (χ1v) is 4.92. The van der Waals surface area contributed by atoms with Gasteiger partial charge in [-0.2, -0.15) is 0 Å². The lowest BCUT2D eigenvalue weighted by Gasteiger charge is -2.31. The number of nitrogens with two attached hydrogens (primary N) is 1. The smallest absolute Gasteiger partial charge is 0.257 e. The Morgan fingerprint density at radius 2 is 2.27 bits per heavy atom. The molecule has 1 atom stereocenters. The number of piperidine rings is 1. The number of nitrogens with zero attached hydrogens (tertiary/aromatic N) is 2. The highest BCUT2D eigenvalue weighted by molar-refractivity contribution is 14.0. The molecule has 3 nitrogen and oxygen atoms in total. The largest absolute Gasteiger partial charge is 0.370 e. The molecule has 2 N–H and O–H groups in total. The van der Waals surface area contributed by atoms with E-state index in [4.69, 9.17) is 5.73 Å². The van der Waals surface area contributed by atoms with Gasteiger partial charge in [0.15, 0.2) is 5.96 Å². The molecule has 0 spiro atoms. The highest BCUT2D eigenvalue weighted by atomic mass is 127. The van der Waals surface area contributed by atoms with Gasteiger partial charge in [0.05, 0.1) is 0 Å². The number of hydrogen-bond donors (Lipinski definition) is 1. The van der Waals surface area contributed by atoms with Crippen molar-refractivity contribution in [2.24, 2.45) is 16.6 Å². The van der Waals surface area contributed by atoms with Crippen molar-refractivity contribution in [1.29, 1.82) is 0 Å². The van der Waals surface area contributed by atoms with Gasteiger partial charge in [0, 0.05) is 13.1 Å². The van der Waals surface area contributed by atoms with Crippen molar-refractivity contribution in [3.63, 3.8) is 0 Å². The van der Waals surface area contributed by atoms with Gasteiger partial charge in [0.1, 0.15) is 6.54 Å². The maximum Gasteiger partial charge on any atom is 0.257 e. The highest BCUT2D eigenvalue weighted by Gasteiger charge is 2.17. The zero-order chi connectivity index (χ0) is 10.6. The third kappa shape index (κ3) is 5.48. The molecule has 0 radical (unpaired) electrons. The van der Waals surface area contributed by atoms with Gasteiger partial charge in [0.2, 0.25) is 0 Å². The summed E-state index contributed by atoms with van der Waals surface area (Å²) < 4.78 is 23.7. The zero-order valence-corrected chi connectivity index (χ0v) is 11.2. The summed E-state index contributed by atoms with van der Waals surface area (Å²) in [4.78, 5) is 5.54. The SMILES string of the molecule is CC1CCCN(C(N)=NCC(F)F)C1.I. The lowest BCUT2D eigenvalue weighted by molar-refractivity contribution is 0.158. The Bertz CT molecular complexity index is 212. The maximum atomic E-state index is 11.9. The molecule has 90 valence electrons. The van der Waals surface area contributed by atoms with Gasteiger partial charge >= 0.3 is 0 Å². The molecule has 1 saturated heterocycles. The number of halogens is 3. The van der Waals surface area contributed by atoms with E-state index in [2.05, 4.69) is 11.9 Å². The highest BCUT2D eigenvalue weighted by Crippen LogP contribution is 2.14. The zero-order valence-electron chi connectivity index (χ0n) is 8.83. The molecule has 1 fully saturated rings. The van der Waals surface area contributed by atoms with Crippen LogP contribution in [0.5, 0.6) is 0 Å². The fourth-order valence-corrected chi connectivity index (χ4v) is 1.66. The minimum atomic E-state index is -2.41. The quantitative estimate of drug-likeness (QED) is 0.477. The van der Waals surface area contributed by atoms with Crippen LogP contribution in [0.4, 0.5) is 8.78 Å². The molecular weight excluding hydrogens is 315 g/mol. The van der Waals surface area contributed by atoms with E-state index in [-0.39, 0.29) is 29.9 Å². The predicted octanol–water partition coefficient (Wildman–Crippen LogP) is 1.92. The Hall–Kier alpha value is -0.140. The average molecular weight is 333 g/mol. The molecule has 0 aromatic heterocycles. The van der Waals surface area contributed by atoms with E-state index in [1.165, 1.54) is 6.42 Å². The van der Waals surface area contributed by atoms with Crippen molar-refractivity contribution in [2.45, 2.75) is 26.2 Å². The van der Waals surface area contributed by atoms with Gasteiger partial charge in [-0.3, -0.25) is 0 Å². The lowest BCUT2D eigenvalue weighted by Crippen LogP contribution is -2.43. The summed E-state index contributed by atoms with van der Waals surface area (Å²) in [5.41, 5.74) is 5.60. The first-order valence-electron chi connectivity index (χ1n) is 4.92. The van der Waals surface area contributed by atoms with Crippen molar-refractivity contribution < 1.29 is 8.78 Å². The van der Waals surface area contributed by atoms with Crippen molar-refractivity contribution in [1.82, 2.24) is 4.90 Å². The van der Waals surface area contributed by atoms with E-state index in [0.717, 1.165) is 19.5 Å². The van der Waals surface area contributed by atoms with Gasteiger partial charge in [-0.15, -0.1) is 24.0 Å². The summed E-state index contributed by atoms with van der Waals surface area (Å²) in [6.45, 7) is 3.31. The molecule has 0 aromatic carbocycles. The van der Waals surface area contributed by atoms with Crippen LogP contribution in [-0.2, 0) is 0 Å². The van der Waals surface area contributed by atoms with Crippen LogP contribution >= 0.6 is 24.0 Å². The van der Waals surface area contributed by atoms with Crippen LogP contribution in [0.1, 0.15) is 19.8 Å². The van der Waals surface area contributed by atoms with Crippen LogP contribution < -0.4 is 5.73 Å². The summed E-state index contributed by atoms with van der Waals surface area (Å²) in [5.74, 6) is 0.834. The van der Waals surface area contributed by atoms with Gasteiger partial charge < -0.3 is 10.6 Å². The van der Waals surface area contributed by atoms with Crippen molar-refractivity contribution in [3.05, 3.63) is 0 Å². The van der Waals surface area contributed by atoms with E-state index in [0.29, 0.717) is 5.92 Å². The molecule has 1 unspecified atom stereocenters. The molecule has 0 saturated carbocycles. The van der Waals surface area contributed by atoms with Crippen molar-refractivity contribution in [3.8, 4) is 0 Å². The Balaban J connectivity index is 0.00000196. The van der Waals surface area contributed by atoms with E-state index in [9.17, 15) is 8.78 Å². The van der Waals surface area contributed by atoms with Gasteiger partial charge in [-0.25, -0.2) is 13.8 Å². The number of rotatable bonds is 2. The van der Waals surface area contributed by atoms with Crippen molar-refractivity contribution in [2.75, 3.05) is 19.6 Å². The average Bonchev–Trinajstić information content (AvgIpc) is 2.14. The predicted molar refractivity (Wildman–Crippen MR) is 67.9 cm³/mol. The van der Waals surface area contributed by atoms with Crippen LogP contribution in [0, 0.1) is 5.92 Å². The minimum absolute atomic E-state index is 0. The van der Waals surface area contributed by atoms with Gasteiger partial charge in [-0.1, -0.05) is 6.92 Å². The number of aliphatic imine (C=N–C) groups is 1. The maximum absolute atomic E-state index is 11.9. The summed E-state index contributed by atoms with van der Waals surface area (Å²) in [7, 11) is 0. The molecule has 1 aliphatic heterocycles. The second kappa shape index (κ2) is 7.19. The van der Waals surface area contributed by atoms with Crippen molar-refractivity contribution >= 4 is 29.9 Å². The standard InChI is InChI=1S/C9H17F2N3.HI/c1-7-3-2-4-14(6-7)9(12)13-5-8(10)11;/h7-8H,2-6H2,1H3,(H2,12,13);1H. The summed E-state index contributed by atoms with van der Waals surface area (Å²) in [5, 5.41) is 0. The Kier molecular flexibility index (Phi) is 7.12. The molecular formula is C9H18F2IN3. The van der Waals surface area contributed by atoms with E-state index >= 15 is 0 Å². The number of guanidine groups is 1. The fraction of sp³-hybridized carbons (Fsp3) is 0.889. The number of alkyl halides is 2. The Morgan fingerprint density at radius 1 is 1.60 bits per heavy atom. The first-order chi connectivity index (χ1) is 6.59. The molecule has 1 heterocycles. The van der Waals surface area contributed by atoms with Gasteiger partial charge in [0.25, 0.3) is 6.43 Å². The van der Waals surface area contributed by atoms with E-state index in [1.807, 2.05) is 4.90 Å². The second-order valence-corrected chi connectivity index (χ2v) is 3.78. The Morgan fingerprint density at radius 3 is 2.80 bits per heavy atom. The molecule has 1 aliphatic rings. The van der Waals surface area contributed by atoms with Gasteiger partial charge in [-0.05, 0) is 18.8 Å². The fourth-order valence-electron chi connectivity index (χ4n) is 1.66. The minimum Gasteiger partial charge on any atom is -0.370 e. The van der Waals surface area contributed by atoms with Crippen LogP contribution in [0.15, 0.2) is 4.99 Å². The summed E-state index contributed by atoms with van der Waals surface area (Å²) in [6.07, 6.45) is -0.166. The molecule has 0 aromatic rings. The number of likely N-dealkylation sites (tertiary alicyclic amines) is 1. The van der Waals surface area contributed by atoms with Crippen LogP contribution in [0.2, 0.25) is 0 Å². The summed E-state index contributed by atoms with van der Waals surface area (Å²) in [6, 6.07) is 0. The lowest BCUT2D eigenvalue weighted by atomic mass is 10.0. The Labute approximate surface area is 106 Å². The third-order valence-electron chi connectivity index (χ3n) is 2.37. The van der Waals surface area contributed by atoms with Crippen LogP contribution in [0.25, 0.3) is 0 Å². The second-order valence-electron chi connectivity index (χ2n) is 3.78.